The van der Waals surface area contributed by atoms with E-state index < -0.39 is 12.0 Å². The topological polar surface area (TPSA) is 55.4 Å². The summed E-state index contributed by atoms with van der Waals surface area (Å²) < 4.78 is 17.6. The predicted molar refractivity (Wildman–Crippen MR) is 79.4 cm³/mol. The molecule has 0 saturated heterocycles. The van der Waals surface area contributed by atoms with Crippen molar-refractivity contribution < 1.29 is 18.7 Å². The number of rotatable bonds is 5. The number of ether oxygens (including phenoxy) is 1. The minimum absolute atomic E-state index is 0.0562. The molecular weight excluding hydrogens is 285 g/mol. The second kappa shape index (κ2) is 7.36. The van der Waals surface area contributed by atoms with Gasteiger partial charge in [-0.1, -0.05) is 42.5 Å². The third-order valence-electron chi connectivity index (χ3n) is 3.15. The van der Waals surface area contributed by atoms with Crippen LogP contribution >= 0.6 is 0 Å². The summed E-state index contributed by atoms with van der Waals surface area (Å²) in [4.78, 5) is 23.9. The van der Waals surface area contributed by atoms with Gasteiger partial charge in [0.25, 0.3) is 0 Å². The predicted octanol–water partition coefficient (Wildman–Crippen LogP) is 2.40. The van der Waals surface area contributed by atoms with Crippen LogP contribution in [0.3, 0.4) is 0 Å². The van der Waals surface area contributed by atoms with E-state index in [-0.39, 0.29) is 18.1 Å². The smallest absolute Gasteiger partial charge is 0.333 e. The van der Waals surface area contributed by atoms with E-state index in [2.05, 4.69) is 5.32 Å². The number of benzene rings is 2. The van der Waals surface area contributed by atoms with Gasteiger partial charge in [-0.15, -0.1) is 0 Å². The van der Waals surface area contributed by atoms with Crippen LogP contribution in [0.2, 0.25) is 0 Å². The highest BCUT2D eigenvalue weighted by Gasteiger charge is 2.23. The summed E-state index contributed by atoms with van der Waals surface area (Å²) in [6, 6.07) is 13.6. The van der Waals surface area contributed by atoms with Crippen molar-refractivity contribution in [3.05, 3.63) is 71.5 Å². The van der Waals surface area contributed by atoms with Crippen molar-refractivity contribution >= 4 is 11.9 Å². The standard InChI is InChI=1S/C17H16FNO3/c1-22-17(21)16(13-5-3-2-4-6-13)19-15(20)11-12-7-9-14(18)10-8-12/h2-10,16H,11H2,1H3,(H,19,20)/t16-/m1/s1. The highest BCUT2D eigenvalue weighted by molar-refractivity contribution is 5.86. The molecule has 0 saturated carbocycles. The number of hydrogen-bond acceptors (Lipinski definition) is 3. The molecule has 0 aromatic heterocycles. The van der Waals surface area contributed by atoms with Crippen molar-refractivity contribution in [2.75, 3.05) is 7.11 Å². The first-order chi connectivity index (χ1) is 10.6. The number of amides is 1. The van der Waals surface area contributed by atoms with Crippen LogP contribution in [-0.2, 0) is 20.7 Å². The van der Waals surface area contributed by atoms with Crippen LogP contribution in [0, 0.1) is 5.82 Å². The van der Waals surface area contributed by atoms with Gasteiger partial charge in [0.05, 0.1) is 13.5 Å². The van der Waals surface area contributed by atoms with E-state index in [9.17, 15) is 14.0 Å². The van der Waals surface area contributed by atoms with Gasteiger partial charge >= 0.3 is 5.97 Å². The molecule has 0 unspecified atom stereocenters. The van der Waals surface area contributed by atoms with Crippen LogP contribution in [0.4, 0.5) is 4.39 Å². The molecule has 22 heavy (non-hydrogen) atoms. The number of methoxy groups -OCH3 is 1. The lowest BCUT2D eigenvalue weighted by Crippen LogP contribution is -2.35. The average Bonchev–Trinajstić information content (AvgIpc) is 2.55. The molecule has 0 spiro atoms. The molecule has 0 heterocycles. The Morgan fingerprint density at radius 3 is 2.32 bits per heavy atom. The van der Waals surface area contributed by atoms with E-state index in [0.717, 1.165) is 0 Å². The minimum Gasteiger partial charge on any atom is -0.467 e. The number of halogens is 1. The van der Waals surface area contributed by atoms with Crippen molar-refractivity contribution in [1.82, 2.24) is 5.32 Å². The van der Waals surface area contributed by atoms with Crippen LogP contribution in [0.25, 0.3) is 0 Å². The molecule has 4 nitrogen and oxygen atoms in total. The maximum Gasteiger partial charge on any atom is 0.333 e. The van der Waals surface area contributed by atoms with Gasteiger partial charge in [-0.2, -0.15) is 0 Å². The zero-order valence-electron chi connectivity index (χ0n) is 12.1. The number of carbonyl (C=O) groups is 2. The lowest BCUT2D eigenvalue weighted by molar-refractivity contribution is -0.145. The fraction of sp³-hybridized carbons (Fsp3) is 0.176. The van der Waals surface area contributed by atoms with Crippen molar-refractivity contribution in [1.29, 1.82) is 0 Å². The highest BCUT2D eigenvalue weighted by Crippen LogP contribution is 2.14. The summed E-state index contributed by atoms with van der Waals surface area (Å²) in [7, 11) is 1.27. The molecule has 1 atom stereocenters. The molecule has 2 rings (SSSR count). The van der Waals surface area contributed by atoms with Gasteiger partial charge < -0.3 is 10.1 Å². The molecule has 0 radical (unpaired) electrons. The second-order valence-electron chi connectivity index (χ2n) is 4.74. The maximum absolute atomic E-state index is 12.8. The van der Waals surface area contributed by atoms with Gasteiger partial charge in [-0.25, -0.2) is 9.18 Å². The van der Waals surface area contributed by atoms with Gasteiger partial charge in [-0.3, -0.25) is 4.79 Å². The number of carbonyl (C=O) groups excluding carboxylic acids is 2. The normalized spacial score (nSPS) is 11.5. The van der Waals surface area contributed by atoms with Crippen LogP contribution in [0.15, 0.2) is 54.6 Å². The average molecular weight is 301 g/mol. The molecular formula is C17H16FNO3. The van der Waals surface area contributed by atoms with Gasteiger partial charge in [0.1, 0.15) is 5.82 Å². The van der Waals surface area contributed by atoms with E-state index in [4.69, 9.17) is 4.74 Å². The fourth-order valence-electron chi connectivity index (χ4n) is 2.04. The zero-order chi connectivity index (χ0) is 15.9. The van der Waals surface area contributed by atoms with Gasteiger partial charge in [0.15, 0.2) is 6.04 Å². The van der Waals surface area contributed by atoms with Crippen molar-refractivity contribution in [3.8, 4) is 0 Å². The summed E-state index contributed by atoms with van der Waals surface area (Å²) >= 11 is 0. The summed E-state index contributed by atoms with van der Waals surface area (Å²) in [6.45, 7) is 0. The van der Waals surface area contributed by atoms with Gasteiger partial charge in [-0.05, 0) is 23.3 Å². The van der Waals surface area contributed by atoms with Crippen LogP contribution < -0.4 is 5.32 Å². The van der Waals surface area contributed by atoms with Crippen molar-refractivity contribution in [2.24, 2.45) is 0 Å². The quantitative estimate of drug-likeness (QED) is 0.863. The highest BCUT2D eigenvalue weighted by atomic mass is 19.1. The zero-order valence-corrected chi connectivity index (χ0v) is 12.1. The number of esters is 1. The summed E-state index contributed by atoms with van der Waals surface area (Å²) in [5.74, 6) is -1.25. The van der Waals surface area contributed by atoms with Crippen LogP contribution in [0.5, 0.6) is 0 Å². The van der Waals surface area contributed by atoms with E-state index >= 15 is 0 Å². The largest absolute Gasteiger partial charge is 0.467 e. The minimum atomic E-state index is -0.862. The summed E-state index contributed by atoms with van der Waals surface area (Å²) in [5.41, 5.74) is 1.30. The molecule has 1 N–H and O–H groups in total. The lowest BCUT2D eigenvalue weighted by atomic mass is 10.1. The maximum atomic E-state index is 12.8. The summed E-state index contributed by atoms with van der Waals surface area (Å²) in [6.07, 6.45) is 0.0562. The first-order valence-electron chi connectivity index (χ1n) is 6.76. The van der Waals surface area contributed by atoms with Crippen LogP contribution in [-0.4, -0.2) is 19.0 Å². The first kappa shape index (κ1) is 15.7. The lowest BCUT2D eigenvalue weighted by Gasteiger charge is -2.17. The van der Waals surface area contributed by atoms with E-state index in [1.165, 1.54) is 31.4 Å². The SMILES string of the molecule is COC(=O)[C@H](NC(=O)Cc1ccc(F)cc1)c1ccccc1. The van der Waals surface area contributed by atoms with Crippen molar-refractivity contribution in [2.45, 2.75) is 12.5 Å². The molecule has 0 aliphatic carbocycles. The van der Waals surface area contributed by atoms with E-state index in [0.29, 0.717) is 11.1 Å². The molecule has 0 aliphatic heterocycles. The Labute approximate surface area is 127 Å². The van der Waals surface area contributed by atoms with Crippen molar-refractivity contribution in [3.63, 3.8) is 0 Å². The van der Waals surface area contributed by atoms with E-state index in [1.807, 2.05) is 6.07 Å². The van der Waals surface area contributed by atoms with Crippen LogP contribution in [0.1, 0.15) is 17.2 Å². The molecule has 2 aromatic carbocycles. The Bertz CT molecular complexity index is 641. The van der Waals surface area contributed by atoms with Gasteiger partial charge in [0, 0.05) is 0 Å². The Balaban J connectivity index is 2.08. The first-order valence-corrected chi connectivity index (χ1v) is 6.76. The molecule has 5 heteroatoms. The Morgan fingerprint density at radius 2 is 1.73 bits per heavy atom. The molecule has 0 fully saturated rings. The Hall–Kier alpha value is -2.69. The molecule has 0 bridgehead atoms. The summed E-state index contributed by atoms with van der Waals surface area (Å²) in [5, 5.41) is 2.64. The second-order valence-corrected chi connectivity index (χ2v) is 4.74. The molecule has 2 aromatic rings. The third kappa shape index (κ3) is 4.15. The molecule has 0 aliphatic rings. The monoisotopic (exact) mass is 301 g/mol. The number of nitrogens with one attached hydrogen (secondary N) is 1. The number of hydrogen-bond donors (Lipinski definition) is 1. The van der Waals surface area contributed by atoms with Gasteiger partial charge in [0.2, 0.25) is 5.91 Å². The third-order valence-corrected chi connectivity index (χ3v) is 3.15. The molecule has 114 valence electrons. The fourth-order valence-corrected chi connectivity index (χ4v) is 2.04. The van der Waals surface area contributed by atoms with E-state index in [1.54, 1.807) is 24.3 Å². The molecule has 1 amide bonds. The Kier molecular flexibility index (Phi) is 5.25. The Morgan fingerprint density at radius 1 is 1.09 bits per heavy atom.